The second-order valence-corrected chi connectivity index (χ2v) is 5.77. The van der Waals surface area contributed by atoms with Crippen LogP contribution in [0.2, 0.25) is 0 Å². The molecule has 0 spiro atoms. The number of rotatable bonds is 4. The largest absolute Gasteiger partial charge is 0.343 e. The predicted octanol–water partition coefficient (Wildman–Crippen LogP) is 3.14. The minimum atomic E-state index is 0.239. The van der Waals surface area contributed by atoms with Crippen LogP contribution in [0.1, 0.15) is 31.4 Å². The molecular weight excluding hydrogens is 242 g/mol. The van der Waals surface area contributed by atoms with Crippen LogP contribution in [0, 0.1) is 0 Å². The van der Waals surface area contributed by atoms with E-state index in [-0.39, 0.29) is 5.91 Å². The molecule has 0 radical (unpaired) electrons. The van der Waals surface area contributed by atoms with Gasteiger partial charge in [-0.25, -0.2) is 0 Å². The first-order valence-electron chi connectivity index (χ1n) is 6.77. The van der Waals surface area contributed by atoms with Crippen LogP contribution < -0.4 is 0 Å². The van der Waals surface area contributed by atoms with Crippen molar-refractivity contribution in [3.63, 3.8) is 0 Å². The fraction of sp³-hybridized carbons (Fsp3) is 0.533. The van der Waals surface area contributed by atoms with E-state index >= 15 is 0 Å². The van der Waals surface area contributed by atoms with Crippen LogP contribution in [0.5, 0.6) is 0 Å². The van der Waals surface area contributed by atoms with Gasteiger partial charge in [0.1, 0.15) is 0 Å². The lowest BCUT2D eigenvalue weighted by molar-refractivity contribution is -0.130. The number of amides is 1. The van der Waals surface area contributed by atoms with Gasteiger partial charge in [-0.1, -0.05) is 12.1 Å². The molecule has 0 saturated heterocycles. The monoisotopic (exact) mass is 263 g/mol. The minimum Gasteiger partial charge on any atom is -0.343 e. The molecule has 0 saturated carbocycles. The summed E-state index contributed by atoms with van der Waals surface area (Å²) in [5, 5.41) is 0. The second kappa shape index (κ2) is 6.28. The maximum absolute atomic E-state index is 12.1. The summed E-state index contributed by atoms with van der Waals surface area (Å²) < 4.78 is 0. The van der Waals surface area contributed by atoms with Crippen molar-refractivity contribution in [2.24, 2.45) is 0 Å². The van der Waals surface area contributed by atoms with Gasteiger partial charge < -0.3 is 4.90 Å². The number of aryl methyl sites for hydroxylation is 1. The van der Waals surface area contributed by atoms with Crippen LogP contribution in [0.4, 0.5) is 0 Å². The van der Waals surface area contributed by atoms with Gasteiger partial charge in [-0.15, -0.1) is 11.8 Å². The van der Waals surface area contributed by atoms with E-state index in [2.05, 4.69) is 18.2 Å². The number of carbonyl (C=O) groups excluding carboxylic acids is 1. The summed E-state index contributed by atoms with van der Waals surface area (Å²) in [7, 11) is 0. The first-order valence-corrected chi connectivity index (χ1v) is 7.75. The summed E-state index contributed by atoms with van der Waals surface area (Å²) in [6, 6.07) is 6.52. The van der Waals surface area contributed by atoms with Gasteiger partial charge in [0.15, 0.2) is 0 Å². The van der Waals surface area contributed by atoms with Crippen LogP contribution in [0.15, 0.2) is 23.1 Å². The Morgan fingerprint density at radius 2 is 2.11 bits per heavy atom. The Balaban J connectivity index is 2.08. The van der Waals surface area contributed by atoms with Gasteiger partial charge in [-0.3, -0.25) is 4.79 Å². The first-order chi connectivity index (χ1) is 8.74. The van der Waals surface area contributed by atoms with E-state index < -0.39 is 0 Å². The molecule has 1 amide bonds. The summed E-state index contributed by atoms with van der Waals surface area (Å²) in [4.78, 5) is 15.4. The van der Waals surface area contributed by atoms with Crippen molar-refractivity contribution >= 4 is 17.7 Å². The average Bonchev–Trinajstić information content (AvgIpc) is 2.40. The molecule has 0 bridgehead atoms. The van der Waals surface area contributed by atoms with Crippen molar-refractivity contribution in [1.29, 1.82) is 0 Å². The summed E-state index contributed by atoms with van der Waals surface area (Å²) in [6.07, 6.45) is 2.96. The number of thioether (sulfide) groups is 1. The van der Waals surface area contributed by atoms with E-state index in [0.717, 1.165) is 25.1 Å². The predicted molar refractivity (Wildman–Crippen MR) is 77.1 cm³/mol. The highest BCUT2D eigenvalue weighted by atomic mass is 32.2. The number of hydrogen-bond acceptors (Lipinski definition) is 2. The van der Waals surface area contributed by atoms with Gasteiger partial charge in [-0.2, -0.15) is 0 Å². The van der Waals surface area contributed by atoms with Gasteiger partial charge in [0.2, 0.25) is 5.91 Å². The highest BCUT2D eigenvalue weighted by Crippen LogP contribution is 2.30. The van der Waals surface area contributed by atoms with Crippen LogP contribution in [0.3, 0.4) is 0 Å². The van der Waals surface area contributed by atoms with E-state index in [1.54, 1.807) is 0 Å². The molecule has 0 aromatic heterocycles. The molecule has 1 aromatic rings. The van der Waals surface area contributed by atoms with E-state index in [9.17, 15) is 4.79 Å². The zero-order valence-corrected chi connectivity index (χ0v) is 12.1. The molecule has 1 aliphatic rings. The molecule has 0 N–H and O–H groups in total. The van der Waals surface area contributed by atoms with Gasteiger partial charge in [0.25, 0.3) is 0 Å². The Hall–Kier alpha value is -0.960. The summed E-state index contributed by atoms with van der Waals surface area (Å²) in [5.41, 5.74) is 2.59. The molecule has 0 aliphatic carbocycles. The molecule has 1 heterocycles. The molecule has 0 fully saturated rings. The molecule has 3 heteroatoms. The van der Waals surface area contributed by atoms with E-state index in [4.69, 9.17) is 0 Å². The number of fused-ring (bicyclic) bond motifs is 1. The maximum Gasteiger partial charge on any atom is 0.226 e. The Kier molecular flexibility index (Phi) is 4.70. The quantitative estimate of drug-likeness (QED) is 0.832. The highest BCUT2D eigenvalue weighted by Gasteiger charge is 2.13. The van der Waals surface area contributed by atoms with Crippen LogP contribution in [-0.4, -0.2) is 29.6 Å². The zero-order chi connectivity index (χ0) is 13.0. The number of likely N-dealkylation sites (N-methyl/N-ethyl adjacent to an activating group) is 1. The van der Waals surface area contributed by atoms with Gasteiger partial charge in [-0.05, 0) is 49.6 Å². The minimum absolute atomic E-state index is 0.239. The molecule has 98 valence electrons. The number of benzene rings is 1. The molecule has 1 aromatic carbocycles. The first kappa shape index (κ1) is 13.5. The average molecular weight is 263 g/mol. The topological polar surface area (TPSA) is 20.3 Å². The summed E-state index contributed by atoms with van der Waals surface area (Å²) >= 11 is 1.94. The lowest BCUT2D eigenvalue weighted by Crippen LogP contribution is -2.31. The fourth-order valence-electron chi connectivity index (χ4n) is 2.39. The van der Waals surface area contributed by atoms with E-state index in [1.807, 2.05) is 30.5 Å². The van der Waals surface area contributed by atoms with E-state index in [0.29, 0.717) is 6.42 Å². The standard InChI is InChI=1S/C15H21NOS/c1-3-16(4-2)15(17)11-12-7-8-14-13(10-12)6-5-9-18-14/h7-8,10H,3-6,9,11H2,1-2H3. The number of hydrogen-bond donors (Lipinski definition) is 0. The van der Waals surface area contributed by atoms with Gasteiger partial charge >= 0.3 is 0 Å². The van der Waals surface area contributed by atoms with Crippen LogP contribution in [-0.2, 0) is 17.6 Å². The molecule has 2 rings (SSSR count). The number of carbonyl (C=O) groups is 1. The van der Waals surface area contributed by atoms with Crippen molar-refractivity contribution in [2.45, 2.75) is 38.0 Å². The molecule has 18 heavy (non-hydrogen) atoms. The van der Waals surface area contributed by atoms with E-state index in [1.165, 1.54) is 22.6 Å². The Bertz CT molecular complexity index is 427. The number of nitrogens with zero attached hydrogens (tertiary/aromatic N) is 1. The summed E-state index contributed by atoms with van der Waals surface area (Å²) in [5.74, 6) is 1.47. The van der Waals surface area contributed by atoms with Crippen molar-refractivity contribution in [1.82, 2.24) is 4.90 Å². The Morgan fingerprint density at radius 3 is 2.83 bits per heavy atom. The van der Waals surface area contributed by atoms with Crippen molar-refractivity contribution in [3.8, 4) is 0 Å². The Morgan fingerprint density at radius 1 is 1.33 bits per heavy atom. The van der Waals surface area contributed by atoms with Crippen molar-refractivity contribution in [2.75, 3.05) is 18.8 Å². The SMILES string of the molecule is CCN(CC)C(=O)Cc1ccc2c(c1)CCCS2. The normalized spacial score (nSPS) is 14.1. The third-order valence-corrected chi connectivity index (χ3v) is 4.65. The summed E-state index contributed by atoms with van der Waals surface area (Å²) in [6.45, 7) is 5.67. The lowest BCUT2D eigenvalue weighted by atomic mass is 10.0. The third kappa shape index (κ3) is 3.08. The van der Waals surface area contributed by atoms with Crippen molar-refractivity contribution < 1.29 is 4.79 Å². The molecular formula is C15H21NOS. The smallest absolute Gasteiger partial charge is 0.226 e. The van der Waals surface area contributed by atoms with Gasteiger partial charge in [0, 0.05) is 18.0 Å². The third-order valence-electron chi connectivity index (χ3n) is 3.44. The molecule has 0 unspecified atom stereocenters. The fourth-order valence-corrected chi connectivity index (χ4v) is 3.41. The van der Waals surface area contributed by atoms with Crippen molar-refractivity contribution in [3.05, 3.63) is 29.3 Å². The van der Waals surface area contributed by atoms with Crippen LogP contribution >= 0.6 is 11.8 Å². The van der Waals surface area contributed by atoms with Crippen LogP contribution in [0.25, 0.3) is 0 Å². The lowest BCUT2D eigenvalue weighted by Gasteiger charge is -2.20. The molecule has 2 nitrogen and oxygen atoms in total. The zero-order valence-electron chi connectivity index (χ0n) is 11.2. The molecule has 1 aliphatic heterocycles. The van der Waals surface area contributed by atoms with Gasteiger partial charge in [0.05, 0.1) is 6.42 Å². The second-order valence-electron chi connectivity index (χ2n) is 4.64. The Labute approximate surface area is 114 Å². The highest BCUT2D eigenvalue weighted by molar-refractivity contribution is 7.99. The molecule has 0 atom stereocenters. The maximum atomic E-state index is 12.1.